The maximum Gasteiger partial charge on any atom is 0.240 e. The summed E-state index contributed by atoms with van der Waals surface area (Å²) in [4.78, 5) is 2.61. The molecule has 0 amide bonds. The Balaban J connectivity index is 2.54. The van der Waals surface area contributed by atoms with Crippen molar-refractivity contribution in [2.24, 2.45) is 0 Å². The van der Waals surface area contributed by atoms with Gasteiger partial charge in [-0.2, -0.15) is 0 Å². The van der Waals surface area contributed by atoms with Gasteiger partial charge in [0.1, 0.15) is 0 Å². The van der Waals surface area contributed by atoms with Crippen molar-refractivity contribution in [2.45, 2.75) is 38.1 Å². The van der Waals surface area contributed by atoms with E-state index in [0.717, 1.165) is 26.1 Å². The van der Waals surface area contributed by atoms with Crippen molar-refractivity contribution in [2.75, 3.05) is 19.6 Å². The molecule has 1 unspecified atom stereocenters. The van der Waals surface area contributed by atoms with E-state index in [2.05, 4.69) is 23.5 Å². The summed E-state index contributed by atoms with van der Waals surface area (Å²) in [7, 11) is -3.39. The Morgan fingerprint density at radius 3 is 2.26 bits per heavy atom. The molecule has 4 nitrogen and oxygen atoms in total. The lowest BCUT2D eigenvalue weighted by molar-refractivity contribution is 0.290. The van der Waals surface area contributed by atoms with Crippen molar-refractivity contribution < 1.29 is 8.42 Å². The molecule has 0 saturated carbocycles. The van der Waals surface area contributed by atoms with Crippen molar-refractivity contribution in [1.29, 1.82) is 0 Å². The highest BCUT2D eigenvalue weighted by Crippen LogP contribution is 2.09. The smallest absolute Gasteiger partial charge is 0.240 e. The van der Waals surface area contributed by atoms with Gasteiger partial charge in [-0.15, -0.1) is 0 Å². The third kappa shape index (κ3) is 5.30. The minimum absolute atomic E-state index is 0.0641. The first-order valence-electron chi connectivity index (χ1n) is 6.79. The molecule has 0 bridgehead atoms. The Morgan fingerprint density at radius 2 is 1.74 bits per heavy atom. The summed E-state index contributed by atoms with van der Waals surface area (Å²) < 4.78 is 26.9. The second-order valence-corrected chi connectivity index (χ2v) is 6.36. The Kier molecular flexibility index (Phi) is 6.48. The average molecular weight is 284 g/mol. The molecule has 1 aromatic carbocycles. The molecule has 1 atom stereocenters. The van der Waals surface area contributed by atoms with E-state index in [-0.39, 0.29) is 6.04 Å². The zero-order valence-corrected chi connectivity index (χ0v) is 12.8. The topological polar surface area (TPSA) is 49.4 Å². The number of sulfonamides is 1. The maximum absolute atomic E-state index is 12.1. The van der Waals surface area contributed by atoms with Crippen LogP contribution in [0.1, 0.15) is 27.2 Å². The molecule has 0 radical (unpaired) electrons. The van der Waals surface area contributed by atoms with Crippen molar-refractivity contribution in [3.05, 3.63) is 30.3 Å². The normalized spacial score (nSPS) is 13.7. The largest absolute Gasteiger partial charge is 0.304 e. The van der Waals surface area contributed by atoms with E-state index >= 15 is 0 Å². The van der Waals surface area contributed by atoms with Crippen LogP contribution in [-0.4, -0.2) is 39.0 Å². The summed E-state index contributed by atoms with van der Waals surface area (Å²) in [5.41, 5.74) is 0. The number of nitrogens with one attached hydrogen (secondary N) is 1. The van der Waals surface area contributed by atoms with Crippen LogP contribution in [0.25, 0.3) is 0 Å². The van der Waals surface area contributed by atoms with Crippen LogP contribution in [0.4, 0.5) is 0 Å². The summed E-state index contributed by atoms with van der Waals surface area (Å²) in [5, 5.41) is 0. The first kappa shape index (κ1) is 16.1. The predicted molar refractivity (Wildman–Crippen MR) is 78.6 cm³/mol. The number of hydrogen-bond donors (Lipinski definition) is 1. The first-order chi connectivity index (χ1) is 8.99. The third-order valence-electron chi connectivity index (χ3n) is 3.18. The summed E-state index contributed by atoms with van der Waals surface area (Å²) in [6.45, 7) is 9.03. The van der Waals surface area contributed by atoms with Gasteiger partial charge in [-0.25, -0.2) is 13.1 Å². The predicted octanol–water partition coefficient (Wildman–Crippen LogP) is 2.09. The molecule has 19 heavy (non-hydrogen) atoms. The molecule has 1 rings (SSSR count). The zero-order chi connectivity index (χ0) is 14.3. The van der Waals surface area contributed by atoms with Gasteiger partial charge in [0.05, 0.1) is 4.90 Å². The van der Waals surface area contributed by atoms with E-state index in [1.54, 1.807) is 24.3 Å². The van der Waals surface area contributed by atoms with Crippen molar-refractivity contribution >= 4 is 10.0 Å². The minimum Gasteiger partial charge on any atom is -0.304 e. The van der Waals surface area contributed by atoms with Crippen LogP contribution in [0.15, 0.2) is 35.2 Å². The van der Waals surface area contributed by atoms with Gasteiger partial charge in [0.25, 0.3) is 0 Å². The monoisotopic (exact) mass is 284 g/mol. The molecule has 0 aromatic heterocycles. The molecular formula is C14H24N2O2S. The Hall–Kier alpha value is -0.910. The summed E-state index contributed by atoms with van der Waals surface area (Å²) in [6.07, 6.45) is 0.813. The molecule has 1 aromatic rings. The van der Waals surface area contributed by atoms with Gasteiger partial charge >= 0.3 is 0 Å². The van der Waals surface area contributed by atoms with E-state index in [4.69, 9.17) is 0 Å². The van der Waals surface area contributed by atoms with E-state index < -0.39 is 10.0 Å². The lowest BCUT2D eigenvalue weighted by atomic mass is 10.2. The van der Waals surface area contributed by atoms with Crippen molar-refractivity contribution in [1.82, 2.24) is 9.62 Å². The van der Waals surface area contributed by atoms with Crippen molar-refractivity contribution in [3.8, 4) is 0 Å². The fourth-order valence-corrected chi connectivity index (χ4v) is 3.21. The molecule has 0 spiro atoms. The van der Waals surface area contributed by atoms with E-state index in [1.807, 2.05) is 13.0 Å². The fraction of sp³-hybridized carbons (Fsp3) is 0.571. The van der Waals surface area contributed by atoms with Gasteiger partial charge in [0, 0.05) is 6.04 Å². The molecule has 0 aliphatic carbocycles. The van der Waals surface area contributed by atoms with Crippen LogP contribution in [0.2, 0.25) is 0 Å². The third-order valence-corrected chi connectivity index (χ3v) is 4.79. The van der Waals surface area contributed by atoms with Crippen LogP contribution in [0.3, 0.4) is 0 Å². The Bertz CT molecular complexity index is 456. The molecular weight excluding hydrogens is 260 g/mol. The van der Waals surface area contributed by atoms with Gasteiger partial charge in [-0.05, 0) is 45.1 Å². The first-order valence-corrected chi connectivity index (χ1v) is 8.27. The van der Waals surface area contributed by atoms with Gasteiger partial charge in [0.2, 0.25) is 10.0 Å². The van der Waals surface area contributed by atoms with Crippen LogP contribution in [0, 0.1) is 0 Å². The fourth-order valence-electron chi connectivity index (χ4n) is 1.91. The van der Waals surface area contributed by atoms with Gasteiger partial charge in [-0.1, -0.05) is 32.0 Å². The molecule has 0 aliphatic rings. The van der Waals surface area contributed by atoms with E-state index in [0.29, 0.717) is 4.90 Å². The Labute approximate surface area is 116 Å². The molecule has 0 saturated heterocycles. The molecule has 0 fully saturated rings. The lowest BCUT2D eigenvalue weighted by Gasteiger charge is -2.21. The summed E-state index contributed by atoms with van der Waals surface area (Å²) >= 11 is 0. The van der Waals surface area contributed by atoms with E-state index in [9.17, 15) is 8.42 Å². The number of rotatable bonds is 8. The van der Waals surface area contributed by atoms with Gasteiger partial charge in [-0.3, -0.25) is 0 Å². The summed E-state index contributed by atoms with van der Waals surface area (Å²) in [6, 6.07) is 8.43. The quantitative estimate of drug-likeness (QED) is 0.795. The highest BCUT2D eigenvalue weighted by atomic mass is 32.2. The number of hydrogen-bond acceptors (Lipinski definition) is 3. The van der Waals surface area contributed by atoms with Crippen LogP contribution in [0.5, 0.6) is 0 Å². The average Bonchev–Trinajstić information content (AvgIpc) is 2.40. The van der Waals surface area contributed by atoms with Gasteiger partial charge in [0.15, 0.2) is 0 Å². The molecule has 108 valence electrons. The van der Waals surface area contributed by atoms with Crippen molar-refractivity contribution in [3.63, 3.8) is 0 Å². The van der Waals surface area contributed by atoms with Crippen LogP contribution < -0.4 is 4.72 Å². The highest BCUT2D eigenvalue weighted by Gasteiger charge is 2.16. The van der Waals surface area contributed by atoms with Crippen LogP contribution >= 0.6 is 0 Å². The molecule has 5 heteroatoms. The maximum atomic E-state index is 12.1. The standard InChI is InChI=1S/C14H24N2O2S/c1-4-16(5-2)12-11-13(3)15-19(17,18)14-9-7-6-8-10-14/h6-10,13,15H,4-5,11-12H2,1-3H3. The highest BCUT2D eigenvalue weighted by molar-refractivity contribution is 7.89. The summed E-state index contributed by atoms with van der Waals surface area (Å²) in [5.74, 6) is 0. The SMILES string of the molecule is CCN(CC)CCC(C)NS(=O)(=O)c1ccccc1. The number of nitrogens with zero attached hydrogens (tertiary/aromatic N) is 1. The minimum atomic E-state index is -3.39. The lowest BCUT2D eigenvalue weighted by Crippen LogP contribution is -2.36. The second-order valence-electron chi connectivity index (χ2n) is 4.65. The second kappa shape index (κ2) is 7.62. The van der Waals surface area contributed by atoms with Crippen LogP contribution in [-0.2, 0) is 10.0 Å². The molecule has 0 aliphatic heterocycles. The molecule has 0 heterocycles. The zero-order valence-electron chi connectivity index (χ0n) is 12.0. The number of benzene rings is 1. The molecule has 1 N–H and O–H groups in total. The van der Waals surface area contributed by atoms with E-state index in [1.165, 1.54) is 0 Å². The Morgan fingerprint density at radius 1 is 1.16 bits per heavy atom. The van der Waals surface area contributed by atoms with Gasteiger partial charge < -0.3 is 4.90 Å².